The molecule has 4 nitrogen and oxygen atoms in total. The van der Waals surface area contributed by atoms with Gasteiger partial charge in [0.2, 0.25) is 0 Å². The Balaban J connectivity index is 1.47. The van der Waals surface area contributed by atoms with Crippen molar-refractivity contribution >= 4 is 16.9 Å². The lowest BCUT2D eigenvalue weighted by Gasteiger charge is -2.13. The average Bonchev–Trinajstić information content (AvgIpc) is 3.11. The molecule has 0 saturated carbocycles. The molecule has 0 atom stereocenters. The summed E-state index contributed by atoms with van der Waals surface area (Å²) in [5.41, 5.74) is 7.91. The van der Waals surface area contributed by atoms with Crippen LogP contribution in [0.5, 0.6) is 0 Å². The van der Waals surface area contributed by atoms with Crippen molar-refractivity contribution < 1.29 is 4.79 Å². The minimum Gasteiger partial charge on any atom is -0.352 e. The highest BCUT2D eigenvalue weighted by atomic mass is 16.1. The van der Waals surface area contributed by atoms with Crippen molar-refractivity contribution in [3.8, 4) is 0 Å². The van der Waals surface area contributed by atoms with Crippen LogP contribution in [0.15, 0.2) is 66.7 Å². The Morgan fingerprint density at radius 3 is 2.48 bits per heavy atom. The predicted molar refractivity (Wildman–Crippen MR) is 127 cm³/mol. The van der Waals surface area contributed by atoms with E-state index in [1.165, 1.54) is 16.7 Å². The van der Waals surface area contributed by atoms with Gasteiger partial charge >= 0.3 is 0 Å². The van der Waals surface area contributed by atoms with Crippen LogP contribution >= 0.6 is 0 Å². The number of fused-ring (bicyclic) bond motifs is 1. The SMILES string of the molecule is Cc1ccc(C(=O)NCCCc2nc3ccccc3n2Cc2cc(C)ccc2C)cc1. The van der Waals surface area contributed by atoms with E-state index in [0.717, 1.165) is 41.8 Å². The number of carbonyl (C=O) groups excluding carboxylic acids is 1. The molecule has 3 aromatic carbocycles. The van der Waals surface area contributed by atoms with Crippen LogP contribution < -0.4 is 5.32 Å². The fraction of sp³-hybridized carbons (Fsp3) is 0.259. The Labute approximate surface area is 183 Å². The number of hydrogen-bond donors (Lipinski definition) is 1. The van der Waals surface area contributed by atoms with Gasteiger partial charge in [0.15, 0.2) is 0 Å². The van der Waals surface area contributed by atoms with Crippen LogP contribution in [-0.4, -0.2) is 22.0 Å². The molecular weight excluding hydrogens is 382 g/mol. The first-order valence-corrected chi connectivity index (χ1v) is 10.9. The van der Waals surface area contributed by atoms with E-state index < -0.39 is 0 Å². The number of carbonyl (C=O) groups is 1. The van der Waals surface area contributed by atoms with E-state index >= 15 is 0 Å². The van der Waals surface area contributed by atoms with Gasteiger partial charge in [-0.1, -0.05) is 53.6 Å². The minimum absolute atomic E-state index is 0.0242. The van der Waals surface area contributed by atoms with Crippen LogP contribution in [0.3, 0.4) is 0 Å². The number of para-hydroxylation sites is 2. The molecule has 1 amide bonds. The van der Waals surface area contributed by atoms with Crippen LogP contribution in [0.1, 0.15) is 44.9 Å². The Morgan fingerprint density at radius 2 is 1.68 bits per heavy atom. The van der Waals surface area contributed by atoms with E-state index in [4.69, 9.17) is 4.98 Å². The average molecular weight is 412 g/mol. The van der Waals surface area contributed by atoms with Gasteiger partial charge in [0.05, 0.1) is 11.0 Å². The topological polar surface area (TPSA) is 46.9 Å². The zero-order chi connectivity index (χ0) is 21.8. The lowest BCUT2D eigenvalue weighted by Crippen LogP contribution is -2.25. The van der Waals surface area contributed by atoms with Gasteiger partial charge in [0.25, 0.3) is 5.91 Å². The maximum absolute atomic E-state index is 12.4. The van der Waals surface area contributed by atoms with Gasteiger partial charge in [-0.2, -0.15) is 0 Å². The molecule has 31 heavy (non-hydrogen) atoms. The number of aromatic nitrogens is 2. The second kappa shape index (κ2) is 9.17. The fourth-order valence-corrected chi connectivity index (χ4v) is 3.89. The van der Waals surface area contributed by atoms with Gasteiger partial charge in [0, 0.05) is 25.1 Å². The summed E-state index contributed by atoms with van der Waals surface area (Å²) in [4.78, 5) is 17.2. The molecule has 4 aromatic rings. The molecule has 0 radical (unpaired) electrons. The Hall–Kier alpha value is -3.40. The molecule has 0 fully saturated rings. The second-order valence-corrected chi connectivity index (χ2v) is 8.26. The lowest BCUT2D eigenvalue weighted by atomic mass is 10.1. The third-order valence-electron chi connectivity index (χ3n) is 5.74. The van der Waals surface area contributed by atoms with Gasteiger partial charge < -0.3 is 9.88 Å². The molecule has 158 valence electrons. The highest BCUT2D eigenvalue weighted by Crippen LogP contribution is 2.21. The van der Waals surface area contributed by atoms with Gasteiger partial charge in [-0.3, -0.25) is 4.79 Å². The molecule has 1 N–H and O–H groups in total. The summed E-state index contributed by atoms with van der Waals surface area (Å²) in [5.74, 6) is 1.04. The van der Waals surface area contributed by atoms with Gasteiger partial charge in [-0.15, -0.1) is 0 Å². The standard InChI is InChI=1S/C27H29N3O/c1-19-11-14-22(15-12-19)27(31)28-16-6-9-26-29-24-7-4-5-8-25(24)30(26)18-23-17-20(2)10-13-21(23)3/h4-5,7-8,10-15,17H,6,9,16,18H2,1-3H3,(H,28,31). The fourth-order valence-electron chi connectivity index (χ4n) is 3.89. The highest BCUT2D eigenvalue weighted by Gasteiger charge is 2.12. The number of aryl methyl sites for hydroxylation is 4. The van der Waals surface area contributed by atoms with E-state index in [1.807, 2.05) is 37.3 Å². The smallest absolute Gasteiger partial charge is 0.251 e. The van der Waals surface area contributed by atoms with Crippen molar-refractivity contribution in [3.05, 3.63) is 100 Å². The van der Waals surface area contributed by atoms with E-state index in [1.54, 1.807) is 0 Å². The molecule has 4 heteroatoms. The van der Waals surface area contributed by atoms with Gasteiger partial charge in [0.1, 0.15) is 5.82 Å². The number of amides is 1. The Morgan fingerprint density at radius 1 is 0.935 bits per heavy atom. The van der Waals surface area contributed by atoms with E-state index in [0.29, 0.717) is 12.1 Å². The zero-order valence-corrected chi connectivity index (χ0v) is 18.5. The van der Waals surface area contributed by atoms with Crippen molar-refractivity contribution in [3.63, 3.8) is 0 Å². The van der Waals surface area contributed by atoms with Crippen molar-refractivity contribution in [1.82, 2.24) is 14.9 Å². The van der Waals surface area contributed by atoms with E-state index in [2.05, 4.69) is 60.1 Å². The molecular formula is C27H29N3O. The third kappa shape index (κ3) is 4.85. The first-order valence-electron chi connectivity index (χ1n) is 10.9. The van der Waals surface area contributed by atoms with E-state index in [9.17, 15) is 4.79 Å². The maximum atomic E-state index is 12.4. The van der Waals surface area contributed by atoms with E-state index in [-0.39, 0.29) is 5.91 Å². The molecule has 0 unspecified atom stereocenters. The largest absolute Gasteiger partial charge is 0.352 e. The summed E-state index contributed by atoms with van der Waals surface area (Å²) in [5, 5.41) is 3.03. The monoisotopic (exact) mass is 411 g/mol. The van der Waals surface area contributed by atoms with Crippen LogP contribution in [0.25, 0.3) is 11.0 Å². The first-order chi connectivity index (χ1) is 15.0. The Kier molecular flexibility index (Phi) is 6.17. The number of imidazole rings is 1. The molecule has 0 aliphatic heterocycles. The quantitative estimate of drug-likeness (QED) is 0.416. The minimum atomic E-state index is -0.0242. The number of nitrogens with zero attached hydrogens (tertiary/aromatic N) is 2. The van der Waals surface area contributed by atoms with Crippen LogP contribution in [0.2, 0.25) is 0 Å². The molecule has 0 bridgehead atoms. The molecule has 4 rings (SSSR count). The predicted octanol–water partition coefficient (Wildman–Crippen LogP) is 5.37. The molecule has 0 saturated heterocycles. The summed E-state index contributed by atoms with van der Waals surface area (Å²) < 4.78 is 2.32. The summed E-state index contributed by atoms with van der Waals surface area (Å²) in [6.45, 7) is 7.74. The maximum Gasteiger partial charge on any atom is 0.251 e. The van der Waals surface area contributed by atoms with Crippen LogP contribution in [-0.2, 0) is 13.0 Å². The molecule has 0 spiro atoms. The Bertz CT molecular complexity index is 1210. The first kappa shape index (κ1) is 20.9. The molecule has 0 aliphatic rings. The normalized spacial score (nSPS) is 11.1. The number of benzene rings is 3. The second-order valence-electron chi connectivity index (χ2n) is 8.26. The lowest BCUT2D eigenvalue weighted by molar-refractivity contribution is 0.0953. The van der Waals surface area contributed by atoms with Crippen molar-refractivity contribution in [2.75, 3.05) is 6.54 Å². The molecule has 0 aliphatic carbocycles. The van der Waals surface area contributed by atoms with Crippen molar-refractivity contribution in [2.45, 2.75) is 40.2 Å². The van der Waals surface area contributed by atoms with Crippen molar-refractivity contribution in [2.24, 2.45) is 0 Å². The van der Waals surface area contributed by atoms with Crippen molar-refractivity contribution in [1.29, 1.82) is 0 Å². The summed E-state index contributed by atoms with van der Waals surface area (Å²) in [6.07, 6.45) is 1.65. The zero-order valence-electron chi connectivity index (χ0n) is 18.5. The van der Waals surface area contributed by atoms with Gasteiger partial charge in [-0.05, 0) is 62.6 Å². The third-order valence-corrected chi connectivity index (χ3v) is 5.74. The van der Waals surface area contributed by atoms with Gasteiger partial charge in [-0.25, -0.2) is 4.98 Å². The number of hydrogen-bond acceptors (Lipinski definition) is 2. The summed E-state index contributed by atoms with van der Waals surface area (Å²) in [7, 11) is 0. The molecule has 1 aromatic heterocycles. The molecule has 1 heterocycles. The summed E-state index contributed by atoms with van der Waals surface area (Å²) in [6, 6.07) is 22.6. The number of rotatable bonds is 7. The summed E-state index contributed by atoms with van der Waals surface area (Å²) >= 11 is 0. The highest BCUT2D eigenvalue weighted by molar-refractivity contribution is 5.94. The van der Waals surface area contributed by atoms with Crippen LogP contribution in [0.4, 0.5) is 0 Å². The van der Waals surface area contributed by atoms with Crippen LogP contribution in [0, 0.1) is 20.8 Å². The number of nitrogens with one attached hydrogen (secondary N) is 1.